The van der Waals surface area contributed by atoms with Gasteiger partial charge in [-0.1, -0.05) is 19.3 Å². The molecule has 4 heteroatoms. The monoisotopic (exact) mass is 179 g/mol. The molecule has 1 aliphatic carbocycles. The van der Waals surface area contributed by atoms with Gasteiger partial charge in [-0.15, -0.1) is 0 Å². The van der Waals surface area contributed by atoms with Crippen molar-refractivity contribution in [2.45, 2.75) is 43.8 Å². The summed E-state index contributed by atoms with van der Waals surface area (Å²) in [6, 6.07) is 0. The van der Waals surface area contributed by atoms with Crippen LogP contribution in [0.4, 0.5) is 0 Å². The smallest absolute Gasteiger partial charge is 0.335 e. The zero-order valence-corrected chi connectivity index (χ0v) is 9.38. The number of hydrogen-bond acceptors (Lipinski definition) is 2. The maximum absolute atomic E-state index is 10.5. The molecule has 1 spiro atoms. The summed E-state index contributed by atoms with van der Waals surface area (Å²) in [5.41, 5.74) is -0.232. The van der Waals surface area contributed by atoms with Crippen molar-refractivity contribution in [2.75, 3.05) is 0 Å². The van der Waals surface area contributed by atoms with E-state index in [1.165, 1.54) is 6.42 Å². The van der Waals surface area contributed by atoms with Gasteiger partial charge in [-0.2, -0.15) is 0 Å². The van der Waals surface area contributed by atoms with E-state index in [9.17, 15) is 4.79 Å². The van der Waals surface area contributed by atoms with E-state index in [1.54, 1.807) is 0 Å². The number of rotatable bonds is 1. The number of ether oxygens (including phenoxy) is 1. The fourth-order valence-electron chi connectivity index (χ4n) is 2.01. The van der Waals surface area contributed by atoms with Gasteiger partial charge >= 0.3 is 5.97 Å². The molecule has 0 aromatic rings. The predicted octanol–water partition coefficient (Wildman–Crippen LogP) is 0.792. The summed E-state index contributed by atoms with van der Waals surface area (Å²) in [5, 5.41) is 8.65. The largest absolute Gasteiger partial charge is 0.479 e. The summed E-state index contributed by atoms with van der Waals surface area (Å²) in [5.74, 6) is -0.785. The van der Waals surface area contributed by atoms with Gasteiger partial charge in [0.05, 0.1) is 0 Å². The van der Waals surface area contributed by atoms with Crippen molar-refractivity contribution in [2.24, 2.45) is 0 Å². The molecule has 0 bridgehead atoms. The quantitative estimate of drug-likeness (QED) is 0.478. The van der Waals surface area contributed by atoms with Gasteiger partial charge in [-0.3, -0.25) is 0 Å². The van der Waals surface area contributed by atoms with Crippen molar-refractivity contribution < 1.29 is 14.6 Å². The minimum Gasteiger partial charge on any atom is -0.479 e. The van der Waals surface area contributed by atoms with Gasteiger partial charge in [0.2, 0.25) is 0 Å². The van der Waals surface area contributed by atoms with E-state index in [2.05, 4.69) is 0 Å². The molecule has 2 fully saturated rings. The van der Waals surface area contributed by atoms with Crippen LogP contribution in [0.5, 0.6) is 0 Å². The Morgan fingerprint density at radius 2 is 1.92 bits per heavy atom. The first-order chi connectivity index (χ1) is 5.25. The third-order valence-corrected chi connectivity index (χ3v) is 2.70. The van der Waals surface area contributed by atoms with E-state index in [-0.39, 0.29) is 35.2 Å². The average Bonchev–Trinajstić information content (AvgIpc) is 2.66. The minimum absolute atomic E-state index is 0. The zero-order chi connectivity index (χ0) is 7.90. The van der Waals surface area contributed by atoms with Gasteiger partial charge in [-0.05, 0) is 12.8 Å². The molecular formula is C8H12NaO3. The SMILES string of the molecule is O=C(O)C1OC12CCCCC2.[Na]. The molecule has 1 unspecified atom stereocenters. The van der Waals surface area contributed by atoms with Crippen molar-refractivity contribution in [1.29, 1.82) is 0 Å². The maximum atomic E-state index is 10.5. The normalized spacial score (nSPS) is 30.8. The molecule has 63 valence electrons. The molecule has 1 saturated carbocycles. The van der Waals surface area contributed by atoms with Crippen molar-refractivity contribution in [3.63, 3.8) is 0 Å². The number of aliphatic carboxylic acids is 1. The second kappa shape index (κ2) is 3.66. The summed E-state index contributed by atoms with van der Waals surface area (Å²) in [4.78, 5) is 10.5. The number of hydrogen-bond donors (Lipinski definition) is 1. The van der Waals surface area contributed by atoms with Crippen LogP contribution in [-0.2, 0) is 9.53 Å². The van der Waals surface area contributed by atoms with Crippen LogP contribution in [0.25, 0.3) is 0 Å². The van der Waals surface area contributed by atoms with Crippen LogP contribution in [0.2, 0.25) is 0 Å². The second-order valence-corrected chi connectivity index (χ2v) is 3.46. The van der Waals surface area contributed by atoms with Crippen LogP contribution in [0.1, 0.15) is 32.1 Å². The molecule has 1 aliphatic heterocycles. The first-order valence-electron chi connectivity index (χ1n) is 4.15. The van der Waals surface area contributed by atoms with Gasteiger partial charge in [-0.25, -0.2) is 4.79 Å². The van der Waals surface area contributed by atoms with E-state index in [0.717, 1.165) is 25.7 Å². The van der Waals surface area contributed by atoms with Crippen LogP contribution in [-0.4, -0.2) is 52.3 Å². The molecule has 2 aliphatic rings. The van der Waals surface area contributed by atoms with Crippen LogP contribution < -0.4 is 0 Å². The Labute approximate surface area is 93.8 Å². The molecule has 2 rings (SSSR count). The number of carboxylic acid groups (broad SMARTS) is 1. The summed E-state index contributed by atoms with van der Waals surface area (Å²) in [6.07, 6.45) is 4.90. The fraction of sp³-hybridized carbons (Fsp3) is 0.875. The molecule has 1 atom stereocenters. The standard InChI is InChI=1S/C8H12O3.Na/c9-7(10)6-8(11-6)4-2-1-3-5-8;/h6H,1-5H2,(H,9,10);. The molecule has 3 nitrogen and oxygen atoms in total. The summed E-state index contributed by atoms with van der Waals surface area (Å²) in [6.45, 7) is 0. The zero-order valence-electron chi connectivity index (χ0n) is 7.38. The first kappa shape index (κ1) is 10.5. The van der Waals surface area contributed by atoms with Crippen LogP contribution in [0.15, 0.2) is 0 Å². The van der Waals surface area contributed by atoms with E-state index < -0.39 is 12.1 Å². The molecule has 1 radical (unpaired) electrons. The van der Waals surface area contributed by atoms with Crippen molar-refractivity contribution in [1.82, 2.24) is 0 Å². The number of epoxide rings is 1. The van der Waals surface area contributed by atoms with E-state index in [4.69, 9.17) is 9.84 Å². The van der Waals surface area contributed by atoms with E-state index in [1.807, 2.05) is 0 Å². The number of carboxylic acids is 1. The first-order valence-corrected chi connectivity index (χ1v) is 4.15. The van der Waals surface area contributed by atoms with Crippen LogP contribution >= 0.6 is 0 Å². The Balaban J connectivity index is 0.000000720. The molecule has 1 heterocycles. The van der Waals surface area contributed by atoms with Crippen LogP contribution in [0, 0.1) is 0 Å². The average molecular weight is 179 g/mol. The summed E-state index contributed by atoms with van der Waals surface area (Å²) in [7, 11) is 0. The van der Waals surface area contributed by atoms with Gasteiger partial charge in [0.1, 0.15) is 5.60 Å². The van der Waals surface area contributed by atoms with Gasteiger partial charge < -0.3 is 9.84 Å². The molecule has 1 saturated heterocycles. The molecule has 0 amide bonds. The Morgan fingerprint density at radius 1 is 1.33 bits per heavy atom. The molecule has 1 N–H and O–H groups in total. The topological polar surface area (TPSA) is 49.8 Å². The fourth-order valence-corrected chi connectivity index (χ4v) is 2.01. The Morgan fingerprint density at radius 3 is 2.33 bits per heavy atom. The van der Waals surface area contributed by atoms with Gasteiger partial charge in [0, 0.05) is 29.6 Å². The summed E-state index contributed by atoms with van der Waals surface area (Å²) < 4.78 is 5.21. The Bertz CT molecular complexity index is 187. The Hall–Kier alpha value is 0.430. The van der Waals surface area contributed by atoms with Crippen molar-refractivity contribution >= 4 is 35.5 Å². The predicted molar refractivity (Wildman–Crippen MR) is 44.1 cm³/mol. The number of carbonyl (C=O) groups is 1. The Kier molecular flexibility index (Phi) is 3.21. The van der Waals surface area contributed by atoms with E-state index >= 15 is 0 Å². The second-order valence-electron chi connectivity index (χ2n) is 3.46. The molecule has 0 aromatic heterocycles. The third kappa shape index (κ3) is 1.69. The van der Waals surface area contributed by atoms with Crippen molar-refractivity contribution in [3.05, 3.63) is 0 Å². The molecular weight excluding hydrogens is 167 g/mol. The van der Waals surface area contributed by atoms with Crippen molar-refractivity contribution in [3.8, 4) is 0 Å². The maximum Gasteiger partial charge on any atom is 0.335 e. The van der Waals surface area contributed by atoms with Gasteiger partial charge in [0.15, 0.2) is 6.10 Å². The minimum atomic E-state index is -0.785. The van der Waals surface area contributed by atoms with E-state index in [0.29, 0.717) is 0 Å². The molecule has 0 aromatic carbocycles. The summed E-state index contributed by atoms with van der Waals surface area (Å²) >= 11 is 0. The molecule has 12 heavy (non-hydrogen) atoms. The third-order valence-electron chi connectivity index (χ3n) is 2.70. The van der Waals surface area contributed by atoms with Crippen LogP contribution in [0.3, 0.4) is 0 Å². The van der Waals surface area contributed by atoms with Gasteiger partial charge in [0.25, 0.3) is 0 Å².